The van der Waals surface area contributed by atoms with E-state index in [1.165, 1.54) is 6.92 Å². The molecule has 0 radical (unpaired) electrons. The average molecular weight is 301 g/mol. The van der Waals surface area contributed by atoms with Crippen molar-refractivity contribution in [2.45, 2.75) is 13.5 Å². The molecule has 0 saturated heterocycles. The first-order valence-electron chi connectivity index (χ1n) is 4.21. The van der Waals surface area contributed by atoms with E-state index in [0.29, 0.717) is 12.1 Å². The van der Waals surface area contributed by atoms with Gasteiger partial charge in [-0.1, -0.05) is 0 Å². The molecular weight excluding hydrogens is 293 g/mol. The quantitative estimate of drug-likeness (QED) is 0.634. The number of halogens is 1. The molecule has 0 unspecified atom stereocenters. The Balaban J connectivity index is 2.62. The highest BCUT2D eigenvalue weighted by atomic mass is 127. The van der Waals surface area contributed by atoms with Crippen LogP contribution in [0.25, 0.3) is 0 Å². The van der Waals surface area contributed by atoms with Crippen LogP contribution in [0, 0.1) is 3.57 Å². The summed E-state index contributed by atoms with van der Waals surface area (Å²) in [4.78, 5) is 22.5. The van der Waals surface area contributed by atoms with Crippen LogP contribution in [0.1, 0.15) is 33.2 Å². The first-order chi connectivity index (χ1) is 6.59. The first kappa shape index (κ1) is 9.64. The van der Waals surface area contributed by atoms with E-state index >= 15 is 0 Å². The molecule has 1 heterocycles. The van der Waals surface area contributed by atoms with Crippen molar-refractivity contribution in [2.24, 2.45) is 0 Å². The first-order valence-corrected chi connectivity index (χ1v) is 5.29. The highest BCUT2D eigenvalue weighted by molar-refractivity contribution is 14.1. The van der Waals surface area contributed by atoms with Gasteiger partial charge in [0.15, 0.2) is 5.78 Å². The zero-order valence-corrected chi connectivity index (χ0v) is 9.71. The summed E-state index contributed by atoms with van der Waals surface area (Å²) in [6.07, 6.45) is 0. The molecule has 72 valence electrons. The number of hydrogen-bond acceptors (Lipinski definition) is 2. The number of benzene rings is 1. The summed E-state index contributed by atoms with van der Waals surface area (Å²) in [7, 11) is 0. The van der Waals surface area contributed by atoms with E-state index in [2.05, 4.69) is 27.9 Å². The number of Topliss-reactive ketones (excluding diaryl/α,β-unsaturated/α-hetero) is 1. The Hall–Kier alpha value is -0.910. The van der Waals surface area contributed by atoms with E-state index in [-0.39, 0.29) is 11.7 Å². The van der Waals surface area contributed by atoms with E-state index in [9.17, 15) is 9.59 Å². The van der Waals surface area contributed by atoms with Crippen molar-refractivity contribution in [3.63, 3.8) is 0 Å². The van der Waals surface area contributed by atoms with Crippen LogP contribution >= 0.6 is 22.6 Å². The summed E-state index contributed by atoms with van der Waals surface area (Å²) < 4.78 is 0.848. The van der Waals surface area contributed by atoms with E-state index in [4.69, 9.17) is 0 Å². The Morgan fingerprint density at radius 3 is 2.86 bits per heavy atom. The van der Waals surface area contributed by atoms with Gasteiger partial charge >= 0.3 is 0 Å². The number of hydrogen-bond donors (Lipinski definition) is 1. The van der Waals surface area contributed by atoms with Crippen molar-refractivity contribution in [3.05, 3.63) is 32.4 Å². The summed E-state index contributed by atoms with van der Waals surface area (Å²) in [6, 6.07) is 3.55. The maximum Gasteiger partial charge on any atom is 0.252 e. The van der Waals surface area contributed by atoms with E-state index in [0.717, 1.165) is 14.7 Å². The monoisotopic (exact) mass is 301 g/mol. The average Bonchev–Trinajstić information content (AvgIpc) is 2.48. The van der Waals surface area contributed by atoms with Gasteiger partial charge in [-0.3, -0.25) is 9.59 Å². The number of rotatable bonds is 1. The lowest BCUT2D eigenvalue weighted by atomic mass is 10.0. The molecule has 0 aromatic heterocycles. The Morgan fingerprint density at radius 1 is 1.50 bits per heavy atom. The zero-order chi connectivity index (χ0) is 10.3. The predicted molar refractivity (Wildman–Crippen MR) is 60.3 cm³/mol. The van der Waals surface area contributed by atoms with Crippen LogP contribution in [0.3, 0.4) is 0 Å². The Morgan fingerprint density at radius 2 is 2.21 bits per heavy atom. The van der Waals surface area contributed by atoms with Crippen LogP contribution in [0.15, 0.2) is 12.1 Å². The molecule has 3 nitrogen and oxygen atoms in total. The summed E-state index contributed by atoms with van der Waals surface area (Å²) >= 11 is 2.09. The summed E-state index contributed by atoms with van der Waals surface area (Å²) in [5.74, 6) is -0.00966. The second-order valence-corrected chi connectivity index (χ2v) is 4.39. The van der Waals surface area contributed by atoms with Gasteiger partial charge in [0.2, 0.25) is 0 Å². The summed E-state index contributed by atoms with van der Waals surface area (Å²) in [6.45, 7) is 2.06. The SMILES string of the molecule is CC(=O)c1cc(I)c2c(c1)CNC2=O. The molecule has 4 heteroatoms. The minimum absolute atomic E-state index is 0.0325. The van der Waals surface area contributed by atoms with Gasteiger partial charge in [-0.2, -0.15) is 0 Å². The topological polar surface area (TPSA) is 46.2 Å². The number of ketones is 1. The number of nitrogens with one attached hydrogen (secondary N) is 1. The van der Waals surface area contributed by atoms with Crippen molar-refractivity contribution in [3.8, 4) is 0 Å². The highest BCUT2D eigenvalue weighted by Gasteiger charge is 2.22. The molecule has 1 amide bonds. The lowest BCUT2D eigenvalue weighted by molar-refractivity contribution is 0.0963. The van der Waals surface area contributed by atoms with Crippen LogP contribution in [-0.4, -0.2) is 11.7 Å². The fourth-order valence-corrected chi connectivity index (χ4v) is 2.45. The predicted octanol–water partition coefficient (Wildman–Crippen LogP) is 1.74. The van der Waals surface area contributed by atoms with Crippen molar-refractivity contribution in [2.75, 3.05) is 0 Å². The smallest absolute Gasteiger partial charge is 0.252 e. The second kappa shape index (κ2) is 3.34. The van der Waals surface area contributed by atoms with Gasteiger partial charge < -0.3 is 5.32 Å². The van der Waals surface area contributed by atoms with Gasteiger partial charge in [-0.15, -0.1) is 0 Å². The Bertz CT molecular complexity index is 440. The zero-order valence-electron chi connectivity index (χ0n) is 7.56. The van der Waals surface area contributed by atoms with Crippen LogP contribution < -0.4 is 5.32 Å². The van der Waals surface area contributed by atoms with Gasteiger partial charge in [0, 0.05) is 15.7 Å². The Labute approximate surface area is 95.0 Å². The molecular formula is C10H8INO2. The molecule has 1 N–H and O–H groups in total. The summed E-state index contributed by atoms with van der Waals surface area (Å²) in [5, 5.41) is 2.74. The molecule has 1 aromatic rings. The third-order valence-corrected chi connectivity index (χ3v) is 3.10. The van der Waals surface area contributed by atoms with Crippen molar-refractivity contribution < 1.29 is 9.59 Å². The van der Waals surface area contributed by atoms with E-state index in [1.807, 2.05) is 0 Å². The number of carbonyl (C=O) groups is 2. The fourth-order valence-electron chi connectivity index (χ4n) is 1.52. The van der Waals surface area contributed by atoms with Crippen molar-refractivity contribution >= 4 is 34.3 Å². The van der Waals surface area contributed by atoms with Gasteiger partial charge in [0.05, 0.1) is 5.56 Å². The van der Waals surface area contributed by atoms with Crippen LogP contribution in [-0.2, 0) is 6.54 Å². The van der Waals surface area contributed by atoms with Crippen molar-refractivity contribution in [1.82, 2.24) is 5.32 Å². The van der Waals surface area contributed by atoms with Gasteiger partial charge in [-0.05, 0) is 47.2 Å². The fraction of sp³-hybridized carbons (Fsp3) is 0.200. The molecule has 1 aliphatic rings. The molecule has 0 fully saturated rings. The maximum atomic E-state index is 11.4. The molecule has 1 aromatic carbocycles. The molecule has 2 rings (SSSR count). The van der Waals surface area contributed by atoms with Gasteiger partial charge in [0.25, 0.3) is 5.91 Å². The molecule has 0 aliphatic carbocycles. The highest BCUT2D eigenvalue weighted by Crippen LogP contribution is 2.23. The third kappa shape index (κ3) is 1.43. The minimum Gasteiger partial charge on any atom is -0.348 e. The largest absolute Gasteiger partial charge is 0.348 e. The van der Waals surface area contributed by atoms with Crippen LogP contribution in [0.2, 0.25) is 0 Å². The Kier molecular flexibility index (Phi) is 2.30. The van der Waals surface area contributed by atoms with Gasteiger partial charge in [-0.25, -0.2) is 0 Å². The number of fused-ring (bicyclic) bond motifs is 1. The number of carbonyl (C=O) groups excluding carboxylic acids is 2. The summed E-state index contributed by atoms with van der Waals surface area (Å²) in [5.41, 5.74) is 2.31. The molecule has 0 spiro atoms. The lowest BCUT2D eigenvalue weighted by Gasteiger charge is -2.02. The van der Waals surface area contributed by atoms with E-state index in [1.54, 1.807) is 12.1 Å². The maximum absolute atomic E-state index is 11.4. The van der Waals surface area contributed by atoms with Crippen LogP contribution in [0.5, 0.6) is 0 Å². The van der Waals surface area contributed by atoms with Gasteiger partial charge in [0.1, 0.15) is 0 Å². The van der Waals surface area contributed by atoms with E-state index < -0.39 is 0 Å². The second-order valence-electron chi connectivity index (χ2n) is 3.23. The van der Waals surface area contributed by atoms with Crippen molar-refractivity contribution in [1.29, 1.82) is 0 Å². The lowest BCUT2D eigenvalue weighted by Crippen LogP contribution is -2.13. The molecule has 1 aliphatic heterocycles. The molecule has 0 atom stereocenters. The third-order valence-electron chi connectivity index (χ3n) is 2.24. The minimum atomic E-state index is -0.0421. The molecule has 0 saturated carbocycles. The number of amides is 1. The molecule has 14 heavy (non-hydrogen) atoms. The normalized spacial score (nSPS) is 13.7. The van der Waals surface area contributed by atoms with Crippen LogP contribution in [0.4, 0.5) is 0 Å². The standard InChI is InChI=1S/C10H8INO2/c1-5(13)6-2-7-4-12-10(14)9(7)8(11)3-6/h2-3H,4H2,1H3,(H,12,14). The molecule has 0 bridgehead atoms.